The lowest BCUT2D eigenvalue weighted by Crippen LogP contribution is -2.41. The first-order valence-corrected chi connectivity index (χ1v) is 8.83. The van der Waals surface area contributed by atoms with Crippen molar-refractivity contribution in [2.24, 2.45) is 7.05 Å². The summed E-state index contributed by atoms with van der Waals surface area (Å²) in [5.41, 5.74) is 1.48. The van der Waals surface area contributed by atoms with E-state index in [0.29, 0.717) is 13.1 Å². The number of fused-ring (bicyclic) bond motifs is 1. The van der Waals surface area contributed by atoms with Crippen LogP contribution in [-0.4, -0.2) is 43.8 Å². The topological polar surface area (TPSA) is 78.8 Å². The summed E-state index contributed by atoms with van der Waals surface area (Å²) < 4.78 is 27.4. The van der Waals surface area contributed by atoms with Crippen LogP contribution in [-0.2, 0) is 7.05 Å². The van der Waals surface area contributed by atoms with Gasteiger partial charge in [-0.3, -0.25) is 4.68 Å². The summed E-state index contributed by atoms with van der Waals surface area (Å²) in [6, 6.07) is 7.39. The fourth-order valence-corrected chi connectivity index (χ4v) is 3.51. The summed E-state index contributed by atoms with van der Waals surface area (Å²) in [6.07, 6.45) is 0.383. The van der Waals surface area contributed by atoms with E-state index in [4.69, 9.17) is 0 Å². The summed E-state index contributed by atoms with van der Waals surface area (Å²) in [4.78, 5) is 22.2. The second kappa shape index (κ2) is 6.98. The van der Waals surface area contributed by atoms with Crippen LogP contribution in [0, 0.1) is 0 Å². The number of carbonyl (C=O) groups excluding carboxylic acids is 1. The molecule has 2 N–H and O–H groups in total. The van der Waals surface area contributed by atoms with Gasteiger partial charge in [-0.2, -0.15) is 5.10 Å². The molecule has 1 saturated heterocycles. The lowest BCUT2D eigenvalue weighted by Gasteiger charge is -2.31. The molecule has 1 atom stereocenters. The average Bonchev–Trinajstić information content (AvgIpc) is 3.25. The summed E-state index contributed by atoms with van der Waals surface area (Å²) in [5.74, 6) is 0.934. The maximum atomic E-state index is 13.1. The van der Waals surface area contributed by atoms with Crippen molar-refractivity contribution < 1.29 is 13.6 Å². The Morgan fingerprint density at radius 2 is 2.19 bits per heavy atom. The number of likely N-dealkylation sites (tertiary alicyclic amines) is 1. The number of alkyl halides is 2. The molecule has 7 nitrogen and oxygen atoms in total. The van der Waals surface area contributed by atoms with Crippen LogP contribution in [0.4, 0.5) is 19.3 Å². The van der Waals surface area contributed by atoms with Gasteiger partial charge >= 0.3 is 6.03 Å². The SMILES string of the molecule is Cn1cc(NC(=O)N2CCCC(c3nc4ccccc4[nH]3)C2)c(C(F)F)n1. The monoisotopic (exact) mass is 374 g/mol. The highest BCUT2D eigenvalue weighted by atomic mass is 19.3. The Bertz CT molecular complexity index is 933. The van der Waals surface area contributed by atoms with Crippen LogP contribution >= 0.6 is 0 Å². The number of urea groups is 1. The molecule has 27 heavy (non-hydrogen) atoms. The van der Waals surface area contributed by atoms with Crippen molar-refractivity contribution in [3.8, 4) is 0 Å². The number of aromatic amines is 1. The maximum absolute atomic E-state index is 13.1. The number of rotatable bonds is 3. The Balaban J connectivity index is 1.48. The van der Waals surface area contributed by atoms with Crippen molar-refractivity contribution in [2.45, 2.75) is 25.2 Å². The minimum atomic E-state index is -2.74. The summed E-state index contributed by atoms with van der Waals surface area (Å²) in [5, 5.41) is 6.29. The van der Waals surface area contributed by atoms with E-state index in [1.54, 1.807) is 11.9 Å². The smallest absolute Gasteiger partial charge is 0.321 e. The van der Waals surface area contributed by atoms with Gasteiger partial charge in [-0.25, -0.2) is 18.6 Å². The van der Waals surface area contributed by atoms with E-state index in [9.17, 15) is 13.6 Å². The highest BCUT2D eigenvalue weighted by Crippen LogP contribution is 2.29. The summed E-state index contributed by atoms with van der Waals surface area (Å²) >= 11 is 0. The zero-order chi connectivity index (χ0) is 19.0. The number of aryl methyl sites for hydroxylation is 1. The number of imidazole rings is 1. The second-order valence-electron chi connectivity index (χ2n) is 6.76. The number of aromatic nitrogens is 4. The highest BCUT2D eigenvalue weighted by Gasteiger charge is 2.28. The number of amides is 2. The first kappa shape index (κ1) is 17.4. The Labute approximate surface area is 154 Å². The third-order valence-corrected chi connectivity index (χ3v) is 4.81. The Morgan fingerprint density at radius 3 is 2.96 bits per heavy atom. The molecular formula is C18H20F2N6O. The first-order chi connectivity index (χ1) is 13.0. The molecule has 1 unspecified atom stereocenters. The number of H-pyrrole nitrogens is 1. The third-order valence-electron chi connectivity index (χ3n) is 4.81. The van der Waals surface area contributed by atoms with Gasteiger partial charge in [-0.05, 0) is 25.0 Å². The van der Waals surface area contributed by atoms with E-state index in [1.165, 1.54) is 10.9 Å². The Hall–Kier alpha value is -2.97. The lowest BCUT2D eigenvalue weighted by molar-refractivity contribution is 0.146. The number of anilines is 1. The van der Waals surface area contributed by atoms with Crippen LogP contribution in [0.5, 0.6) is 0 Å². The number of carbonyl (C=O) groups is 1. The molecule has 1 aromatic carbocycles. The highest BCUT2D eigenvalue weighted by molar-refractivity contribution is 5.90. The Morgan fingerprint density at radius 1 is 1.37 bits per heavy atom. The molecule has 0 bridgehead atoms. The van der Waals surface area contributed by atoms with Gasteiger partial charge < -0.3 is 15.2 Å². The molecule has 2 amide bonds. The van der Waals surface area contributed by atoms with Gasteiger partial charge in [0, 0.05) is 32.3 Å². The van der Waals surface area contributed by atoms with Gasteiger partial charge in [0.1, 0.15) is 5.82 Å². The average molecular weight is 374 g/mol. The number of benzene rings is 1. The van der Waals surface area contributed by atoms with Gasteiger partial charge in [0.25, 0.3) is 6.43 Å². The number of hydrogen-bond donors (Lipinski definition) is 2. The number of nitrogens with zero attached hydrogens (tertiary/aromatic N) is 4. The van der Waals surface area contributed by atoms with E-state index in [2.05, 4.69) is 20.4 Å². The van der Waals surface area contributed by atoms with Crippen LogP contribution in [0.2, 0.25) is 0 Å². The van der Waals surface area contributed by atoms with E-state index in [-0.39, 0.29) is 11.6 Å². The molecule has 9 heteroatoms. The number of para-hydroxylation sites is 2. The Kier molecular flexibility index (Phi) is 4.51. The van der Waals surface area contributed by atoms with Crippen LogP contribution in [0.1, 0.15) is 36.7 Å². The van der Waals surface area contributed by atoms with Crippen LogP contribution in [0.25, 0.3) is 11.0 Å². The zero-order valence-electron chi connectivity index (χ0n) is 14.8. The number of nitrogens with one attached hydrogen (secondary N) is 2. The first-order valence-electron chi connectivity index (χ1n) is 8.83. The lowest BCUT2D eigenvalue weighted by atomic mass is 9.97. The second-order valence-corrected chi connectivity index (χ2v) is 6.76. The van der Waals surface area contributed by atoms with Crippen molar-refractivity contribution in [1.29, 1.82) is 0 Å². The number of hydrogen-bond acceptors (Lipinski definition) is 3. The van der Waals surface area contributed by atoms with Crippen molar-refractivity contribution in [3.05, 3.63) is 42.0 Å². The van der Waals surface area contributed by atoms with Crippen LogP contribution < -0.4 is 5.32 Å². The fraction of sp³-hybridized carbons (Fsp3) is 0.389. The van der Waals surface area contributed by atoms with E-state index in [0.717, 1.165) is 29.7 Å². The quantitative estimate of drug-likeness (QED) is 0.735. The predicted molar refractivity (Wildman–Crippen MR) is 96.8 cm³/mol. The molecular weight excluding hydrogens is 354 g/mol. The van der Waals surface area contributed by atoms with E-state index in [1.807, 2.05) is 24.3 Å². The van der Waals surface area contributed by atoms with Gasteiger partial charge in [-0.1, -0.05) is 12.1 Å². The number of piperidine rings is 1. The van der Waals surface area contributed by atoms with Crippen molar-refractivity contribution in [1.82, 2.24) is 24.6 Å². The maximum Gasteiger partial charge on any atom is 0.321 e. The van der Waals surface area contributed by atoms with Gasteiger partial charge in [0.05, 0.1) is 16.7 Å². The molecule has 1 aliphatic heterocycles. The van der Waals surface area contributed by atoms with Crippen molar-refractivity contribution >= 4 is 22.8 Å². The minimum Gasteiger partial charge on any atom is -0.342 e. The van der Waals surface area contributed by atoms with Crippen molar-refractivity contribution in [3.63, 3.8) is 0 Å². The van der Waals surface area contributed by atoms with Gasteiger partial charge in [-0.15, -0.1) is 0 Å². The molecule has 4 rings (SSSR count). The molecule has 142 valence electrons. The van der Waals surface area contributed by atoms with Crippen LogP contribution in [0.3, 0.4) is 0 Å². The molecule has 0 saturated carbocycles. The molecule has 2 aromatic heterocycles. The normalized spacial score (nSPS) is 17.6. The molecule has 3 heterocycles. The summed E-state index contributed by atoms with van der Waals surface area (Å²) in [7, 11) is 1.54. The molecule has 1 aliphatic rings. The molecule has 1 fully saturated rings. The zero-order valence-corrected chi connectivity index (χ0v) is 14.8. The standard InChI is InChI=1S/C18H20F2N6O/c1-25-10-14(15(24-25)16(19)20)23-18(27)26-8-4-5-11(9-26)17-21-12-6-2-3-7-13(12)22-17/h2-3,6-7,10-11,16H,4-5,8-9H2,1H3,(H,21,22)(H,23,27). The van der Waals surface area contributed by atoms with E-state index < -0.39 is 18.2 Å². The predicted octanol–water partition coefficient (Wildman–Crippen LogP) is 3.65. The van der Waals surface area contributed by atoms with Gasteiger partial charge in [0.15, 0.2) is 5.69 Å². The van der Waals surface area contributed by atoms with Crippen LogP contribution in [0.15, 0.2) is 30.5 Å². The fourth-order valence-electron chi connectivity index (χ4n) is 3.51. The van der Waals surface area contributed by atoms with Gasteiger partial charge in [0.2, 0.25) is 0 Å². The molecule has 3 aromatic rings. The van der Waals surface area contributed by atoms with E-state index >= 15 is 0 Å². The molecule has 0 aliphatic carbocycles. The minimum absolute atomic E-state index is 0.0448. The molecule has 0 spiro atoms. The largest absolute Gasteiger partial charge is 0.342 e. The molecule has 0 radical (unpaired) electrons. The van der Waals surface area contributed by atoms with Crippen molar-refractivity contribution in [2.75, 3.05) is 18.4 Å². The summed E-state index contributed by atoms with van der Waals surface area (Å²) in [6.45, 7) is 1.06. The number of halogens is 2. The third kappa shape index (κ3) is 3.49.